The summed E-state index contributed by atoms with van der Waals surface area (Å²) in [5.74, 6) is -3.58. The lowest BCUT2D eigenvalue weighted by molar-refractivity contribution is 0.572. The van der Waals surface area contributed by atoms with Crippen molar-refractivity contribution < 1.29 is 21.8 Å². The summed E-state index contributed by atoms with van der Waals surface area (Å²) >= 11 is 0. The molecule has 19 heavy (non-hydrogen) atoms. The molecule has 0 aliphatic rings. The Kier molecular flexibility index (Phi) is 3.45. The molecule has 0 heterocycles. The summed E-state index contributed by atoms with van der Waals surface area (Å²) < 4.78 is 65.1. The van der Waals surface area contributed by atoms with E-state index in [1.165, 1.54) is 6.26 Å². The van der Waals surface area contributed by atoms with Gasteiger partial charge >= 0.3 is 0 Å². The van der Waals surface area contributed by atoms with E-state index in [-0.39, 0.29) is 9.79 Å². The van der Waals surface area contributed by atoms with Crippen LogP contribution in [-0.2, 0) is 9.93 Å². The highest BCUT2D eigenvalue weighted by Gasteiger charge is 2.18. The first-order chi connectivity index (χ1) is 8.79. The summed E-state index contributed by atoms with van der Waals surface area (Å²) in [6.45, 7) is 0. The fourth-order valence-corrected chi connectivity index (χ4v) is 3.50. The van der Waals surface area contributed by atoms with Crippen molar-refractivity contribution in [2.45, 2.75) is 9.79 Å². The Balaban J connectivity index is 2.61. The maximum atomic E-state index is 13.1. The van der Waals surface area contributed by atoms with Gasteiger partial charge in [-0.25, -0.2) is 17.6 Å². The maximum absolute atomic E-state index is 13.1. The lowest BCUT2D eigenvalue weighted by atomic mass is 10.3. The third kappa shape index (κ3) is 2.84. The lowest BCUT2D eigenvalue weighted by Crippen LogP contribution is -2.12. The molecule has 0 aliphatic carbocycles. The minimum absolute atomic E-state index is 0.130. The highest BCUT2D eigenvalue weighted by Crippen LogP contribution is 2.28. The van der Waals surface area contributed by atoms with Crippen LogP contribution in [0.25, 0.3) is 0 Å². The van der Waals surface area contributed by atoms with E-state index in [2.05, 4.69) is 0 Å². The van der Waals surface area contributed by atoms with Gasteiger partial charge < -0.3 is 0 Å². The third-order valence-corrected chi connectivity index (χ3v) is 5.17. The molecular weight excluding hydrogens is 280 g/mol. The minimum Gasteiger partial charge on any atom is -0.276 e. The first-order valence-electron chi connectivity index (χ1n) is 5.30. The van der Waals surface area contributed by atoms with Crippen molar-refractivity contribution in [1.82, 2.24) is 0 Å². The van der Waals surface area contributed by atoms with Gasteiger partial charge in [0, 0.05) is 21.9 Å². The van der Waals surface area contributed by atoms with Gasteiger partial charge in [0.1, 0.15) is 23.3 Å². The fraction of sp³-hybridized carbons (Fsp3) is 0.0769. The van der Waals surface area contributed by atoms with E-state index < -0.39 is 33.2 Å². The zero-order chi connectivity index (χ0) is 14.2. The molecule has 0 bridgehead atoms. The average molecular weight is 290 g/mol. The van der Waals surface area contributed by atoms with E-state index in [4.69, 9.17) is 0 Å². The fourth-order valence-electron chi connectivity index (χ4n) is 1.72. The highest BCUT2D eigenvalue weighted by molar-refractivity contribution is 8.02. The second-order valence-electron chi connectivity index (χ2n) is 4.18. The standard InChI is InChI=1S/C13H10F4OS/c1-19(18,12-4-8(14)2-9(15)5-12)13-6-10(16)3-11(17)7-13/h2-7,19H,1H3. The summed E-state index contributed by atoms with van der Waals surface area (Å²) in [4.78, 5) is -0.259. The van der Waals surface area contributed by atoms with Crippen LogP contribution >= 0.6 is 0 Å². The van der Waals surface area contributed by atoms with E-state index in [9.17, 15) is 21.8 Å². The Hall–Kier alpha value is -1.69. The first kappa shape index (κ1) is 13.7. The van der Waals surface area contributed by atoms with Crippen LogP contribution in [0.5, 0.6) is 0 Å². The van der Waals surface area contributed by atoms with Crippen LogP contribution < -0.4 is 0 Å². The zero-order valence-electron chi connectivity index (χ0n) is 9.83. The largest absolute Gasteiger partial charge is 0.276 e. The van der Waals surface area contributed by atoms with Crippen LogP contribution in [0.15, 0.2) is 46.2 Å². The molecule has 0 atom stereocenters. The lowest BCUT2D eigenvalue weighted by Gasteiger charge is -2.20. The van der Waals surface area contributed by atoms with Crippen molar-refractivity contribution in [2.24, 2.45) is 0 Å². The molecule has 1 nitrogen and oxygen atoms in total. The molecule has 0 saturated heterocycles. The van der Waals surface area contributed by atoms with Crippen LogP contribution in [0.3, 0.4) is 0 Å². The SMILES string of the molecule is C[SH](=O)(c1cc(F)cc(F)c1)c1cc(F)cc(F)c1. The molecule has 0 unspecified atom stereocenters. The average Bonchev–Trinajstić information content (AvgIpc) is 2.26. The van der Waals surface area contributed by atoms with E-state index >= 15 is 0 Å². The second kappa shape index (κ2) is 4.77. The molecule has 0 amide bonds. The topological polar surface area (TPSA) is 17.1 Å². The molecule has 0 spiro atoms. The Morgan fingerprint density at radius 2 is 0.947 bits per heavy atom. The molecule has 0 radical (unpaired) electrons. The normalized spacial score (nSPS) is 12.5. The van der Waals surface area contributed by atoms with Gasteiger partial charge in [0.25, 0.3) is 0 Å². The smallest absolute Gasteiger partial charge is 0.127 e. The monoisotopic (exact) mass is 290 g/mol. The summed E-state index contributed by atoms with van der Waals surface area (Å²) in [6, 6.07) is 4.85. The first-order valence-corrected chi connectivity index (χ1v) is 7.45. The quantitative estimate of drug-likeness (QED) is 0.663. The second-order valence-corrected chi connectivity index (χ2v) is 7.06. The molecule has 0 aliphatic heterocycles. The van der Waals surface area contributed by atoms with Crippen LogP contribution in [0.2, 0.25) is 0 Å². The summed E-state index contributed by atoms with van der Waals surface area (Å²) in [6.07, 6.45) is 1.20. The Morgan fingerprint density at radius 3 is 1.21 bits per heavy atom. The van der Waals surface area contributed by atoms with Crippen LogP contribution in [0.1, 0.15) is 0 Å². The predicted octanol–water partition coefficient (Wildman–Crippen LogP) is 3.31. The third-order valence-electron chi connectivity index (χ3n) is 2.68. The van der Waals surface area contributed by atoms with Gasteiger partial charge in [-0.15, -0.1) is 0 Å². The molecule has 2 rings (SSSR count). The number of benzene rings is 2. The highest BCUT2D eigenvalue weighted by atomic mass is 32.2. The van der Waals surface area contributed by atoms with Crippen molar-refractivity contribution in [3.8, 4) is 0 Å². The Bertz CT molecular complexity index is 588. The van der Waals surface area contributed by atoms with Crippen LogP contribution in [0, 0.1) is 23.3 Å². The van der Waals surface area contributed by atoms with Crippen LogP contribution in [-0.4, -0.2) is 10.5 Å². The van der Waals surface area contributed by atoms with E-state index in [0.717, 1.165) is 24.3 Å². The van der Waals surface area contributed by atoms with Gasteiger partial charge in [-0.3, -0.25) is 4.21 Å². The number of rotatable bonds is 2. The van der Waals surface area contributed by atoms with Gasteiger partial charge in [0.2, 0.25) is 0 Å². The van der Waals surface area contributed by atoms with Crippen molar-refractivity contribution in [3.05, 3.63) is 59.7 Å². The maximum Gasteiger partial charge on any atom is 0.127 e. The Labute approximate surface area is 108 Å². The number of thiol groups is 1. The minimum atomic E-state index is -3.47. The van der Waals surface area contributed by atoms with Gasteiger partial charge in [0.15, 0.2) is 0 Å². The molecule has 0 fully saturated rings. The molecule has 2 aromatic carbocycles. The van der Waals surface area contributed by atoms with Gasteiger partial charge in [0.05, 0.1) is 0 Å². The molecular formula is C13H10F4OS. The van der Waals surface area contributed by atoms with E-state index in [0.29, 0.717) is 12.1 Å². The number of halogens is 4. The molecule has 2 aromatic rings. The summed E-state index contributed by atoms with van der Waals surface area (Å²) in [7, 11) is -3.47. The number of hydrogen-bond donors (Lipinski definition) is 1. The van der Waals surface area contributed by atoms with Crippen LogP contribution in [0.4, 0.5) is 17.6 Å². The zero-order valence-corrected chi connectivity index (χ0v) is 10.7. The van der Waals surface area contributed by atoms with Gasteiger partial charge in [-0.1, -0.05) is 9.93 Å². The van der Waals surface area contributed by atoms with E-state index in [1.807, 2.05) is 0 Å². The summed E-state index contributed by atoms with van der Waals surface area (Å²) in [5.41, 5.74) is 0. The van der Waals surface area contributed by atoms with Gasteiger partial charge in [-0.2, -0.15) is 0 Å². The molecule has 0 saturated carbocycles. The molecule has 0 N–H and O–H groups in total. The van der Waals surface area contributed by atoms with Gasteiger partial charge in [-0.05, 0) is 30.5 Å². The summed E-state index contributed by atoms with van der Waals surface area (Å²) in [5, 5.41) is 0. The van der Waals surface area contributed by atoms with Crippen molar-refractivity contribution in [1.29, 1.82) is 0 Å². The molecule has 102 valence electrons. The Morgan fingerprint density at radius 1 is 0.684 bits per heavy atom. The molecule has 0 aromatic heterocycles. The number of hydrogen-bond acceptors (Lipinski definition) is 1. The predicted molar refractivity (Wildman–Crippen MR) is 64.7 cm³/mol. The van der Waals surface area contributed by atoms with Crippen molar-refractivity contribution in [3.63, 3.8) is 0 Å². The van der Waals surface area contributed by atoms with E-state index in [1.54, 1.807) is 0 Å². The molecule has 6 heteroatoms. The van der Waals surface area contributed by atoms with Crippen molar-refractivity contribution >= 4 is 9.93 Å². The van der Waals surface area contributed by atoms with Crippen molar-refractivity contribution in [2.75, 3.05) is 6.26 Å².